The molecular weight excluding hydrogens is 421 g/mol. The standard InChI is InChI=1S/C19H15Cl2N3O5/c1-27-16-8-12(2-4-15(16)28-7-6-22)3-5-18(26)29-11-17(25)24-19-14(21)9-13(20)10-23-19/h2-5,8-10H,7,11H2,1H3,(H,23,24,25). The molecule has 0 fully saturated rings. The van der Waals surface area contributed by atoms with Crippen LogP contribution < -0.4 is 14.8 Å². The van der Waals surface area contributed by atoms with Crippen LogP contribution in [-0.4, -0.2) is 37.2 Å². The zero-order valence-corrected chi connectivity index (χ0v) is 16.7. The minimum Gasteiger partial charge on any atom is -0.493 e. The Kier molecular flexibility index (Phi) is 8.27. The van der Waals surface area contributed by atoms with Crippen molar-refractivity contribution in [3.8, 4) is 17.6 Å². The summed E-state index contributed by atoms with van der Waals surface area (Å²) in [6.45, 7) is -0.634. The first-order valence-corrected chi connectivity index (χ1v) is 8.82. The van der Waals surface area contributed by atoms with Gasteiger partial charge in [0, 0.05) is 12.3 Å². The number of rotatable bonds is 8. The molecule has 0 bridgehead atoms. The van der Waals surface area contributed by atoms with Crippen LogP contribution in [-0.2, 0) is 14.3 Å². The number of hydrogen-bond donors (Lipinski definition) is 1. The van der Waals surface area contributed by atoms with Gasteiger partial charge < -0.3 is 19.5 Å². The highest BCUT2D eigenvalue weighted by Gasteiger charge is 2.10. The first-order valence-electron chi connectivity index (χ1n) is 8.06. The molecule has 1 amide bonds. The van der Waals surface area contributed by atoms with E-state index in [2.05, 4.69) is 10.3 Å². The van der Waals surface area contributed by atoms with Crippen molar-refractivity contribution in [2.75, 3.05) is 25.6 Å². The SMILES string of the molecule is COc1cc(C=CC(=O)OCC(=O)Nc2ncc(Cl)cc2Cl)ccc1OCC#N. The van der Waals surface area contributed by atoms with Crippen LogP contribution in [0.5, 0.6) is 11.5 Å². The van der Waals surface area contributed by atoms with Crippen LogP contribution in [0.25, 0.3) is 6.08 Å². The molecule has 0 atom stereocenters. The highest BCUT2D eigenvalue weighted by atomic mass is 35.5. The van der Waals surface area contributed by atoms with E-state index in [1.54, 1.807) is 18.2 Å². The number of esters is 1. The predicted molar refractivity (Wildman–Crippen MR) is 107 cm³/mol. The molecule has 10 heteroatoms. The lowest BCUT2D eigenvalue weighted by atomic mass is 10.2. The Hall–Kier alpha value is -3.28. The number of nitriles is 1. The molecule has 0 saturated heterocycles. The van der Waals surface area contributed by atoms with Crippen LogP contribution in [0, 0.1) is 11.3 Å². The molecule has 29 heavy (non-hydrogen) atoms. The van der Waals surface area contributed by atoms with E-state index in [1.807, 2.05) is 6.07 Å². The summed E-state index contributed by atoms with van der Waals surface area (Å²) in [6.07, 6.45) is 3.96. The minimum atomic E-state index is -0.723. The minimum absolute atomic E-state index is 0.110. The smallest absolute Gasteiger partial charge is 0.331 e. The van der Waals surface area contributed by atoms with Gasteiger partial charge in [0.2, 0.25) is 0 Å². The molecular formula is C19H15Cl2N3O5. The third-order valence-electron chi connectivity index (χ3n) is 3.30. The lowest BCUT2D eigenvalue weighted by Crippen LogP contribution is -2.20. The van der Waals surface area contributed by atoms with Crippen LogP contribution >= 0.6 is 23.2 Å². The quantitative estimate of drug-likeness (QED) is 0.498. The van der Waals surface area contributed by atoms with Crippen molar-refractivity contribution < 1.29 is 23.8 Å². The number of amides is 1. The second-order valence-corrected chi connectivity index (χ2v) is 6.17. The molecule has 8 nitrogen and oxygen atoms in total. The summed E-state index contributed by atoms with van der Waals surface area (Å²) in [5.41, 5.74) is 0.629. The van der Waals surface area contributed by atoms with Gasteiger partial charge in [-0.05, 0) is 29.8 Å². The van der Waals surface area contributed by atoms with Gasteiger partial charge in [-0.1, -0.05) is 29.3 Å². The number of methoxy groups -OCH3 is 1. The molecule has 0 aliphatic rings. The summed E-state index contributed by atoms with van der Waals surface area (Å²) in [7, 11) is 1.46. The van der Waals surface area contributed by atoms with E-state index in [4.69, 9.17) is 42.7 Å². The summed E-state index contributed by atoms with van der Waals surface area (Å²) in [6, 6.07) is 8.18. The maximum atomic E-state index is 11.8. The number of nitrogens with one attached hydrogen (secondary N) is 1. The number of benzene rings is 1. The van der Waals surface area contributed by atoms with Gasteiger partial charge >= 0.3 is 5.97 Å². The highest BCUT2D eigenvalue weighted by molar-refractivity contribution is 6.36. The summed E-state index contributed by atoms with van der Waals surface area (Å²) in [4.78, 5) is 27.5. The Labute approximate surface area is 176 Å². The monoisotopic (exact) mass is 435 g/mol. The normalized spacial score (nSPS) is 10.3. The van der Waals surface area contributed by atoms with Crippen LogP contribution in [0.15, 0.2) is 36.5 Å². The molecule has 2 aromatic rings. The zero-order chi connectivity index (χ0) is 21.2. The third-order valence-corrected chi connectivity index (χ3v) is 3.80. The van der Waals surface area contributed by atoms with Crippen molar-refractivity contribution in [3.63, 3.8) is 0 Å². The number of halogens is 2. The van der Waals surface area contributed by atoms with Crippen LogP contribution in [0.3, 0.4) is 0 Å². The molecule has 1 N–H and O–H groups in total. The van der Waals surface area contributed by atoms with E-state index in [0.29, 0.717) is 22.1 Å². The van der Waals surface area contributed by atoms with E-state index in [9.17, 15) is 9.59 Å². The van der Waals surface area contributed by atoms with Crippen LogP contribution in [0.2, 0.25) is 10.0 Å². The van der Waals surface area contributed by atoms with E-state index in [1.165, 1.54) is 25.4 Å². The maximum Gasteiger partial charge on any atom is 0.331 e. The third kappa shape index (κ3) is 6.99. The van der Waals surface area contributed by atoms with Crippen LogP contribution in [0.1, 0.15) is 5.56 Å². The second-order valence-electron chi connectivity index (χ2n) is 5.33. The summed E-state index contributed by atoms with van der Waals surface area (Å²) in [5, 5.41) is 11.5. The van der Waals surface area contributed by atoms with E-state index in [-0.39, 0.29) is 17.4 Å². The van der Waals surface area contributed by atoms with Crippen LogP contribution in [0.4, 0.5) is 5.82 Å². The highest BCUT2D eigenvalue weighted by Crippen LogP contribution is 2.28. The van der Waals surface area contributed by atoms with Crippen molar-refractivity contribution in [2.24, 2.45) is 0 Å². The number of carbonyl (C=O) groups is 2. The molecule has 0 saturated carbocycles. The molecule has 0 unspecified atom stereocenters. The average Bonchev–Trinajstić information content (AvgIpc) is 2.71. The zero-order valence-electron chi connectivity index (χ0n) is 15.1. The Balaban J connectivity index is 1.89. The van der Waals surface area contributed by atoms with Gasteiger partial charge in [0.1, 0.15) is 6.07 Å². The first-order chi connectivity index (χ1) is 13.9. The van der Waals surface area contributed by atoms with Crippen molar-refractivity contribution in [2.45, 2.75) is 0 Å². The van der Waals surface area contributed by atoms with Gasteiger partial charge in [-0.2, -0.15) is 5.26 Å². The fraction of sp³-hybridized carbons (Fsp3) is 0.158. The molecule has 0 aliphatic carbocycles. The number of pyridine rings is 1. The molecule has 1 aromatic heterocycles. The van der Waals surface area contributed by atoms with Gasteiger partial charge in [0.15, 0.2) is 30.5 Å². The summed E-state index contributed by atoms with van der Waals surface area (Å²) in [5.74, 6) is -0.413. The van der Waals surface area contributed by atoms with Crippen molar-refractivity contribution >= 4 is 47.0 Å². The molecule has 1 aromatic carbocycles. The van der Waals surface area contributed by atoms with Gasteiger partial charge in [0.05, 0.1) is 17.2 Å². The average molecular weight is 436 g/mol. The Bertz CT molecular complexity index is 973. The fourth-order valence-corrected chi connectivity index (χ4v) is 2.47. The van der Waals surface area contributed by atoms with Crippen molar-refractivity contribution in [1.29, 1.82) is 5.26 Å². The maximum absolute atomic E-state index is 11.8. The topological polar surface area (TPSA) is 111 Å². The fourth-order valence-electron chi connectivity index (χ4n) is 2.04. The van der Waals surface area contributed by atoms with Gasteiger partial charge in [0.25, 0.3) is 5.91 Å². The largest absolute Gasteiger partial charge is 0.493 e. The second kappa shape index (κ2) is 10.9. The molecule has 0 aliphatic heterocycles. The predicted octanol–water partition coefficient (Wildman–Crippen LogP) is 3.49. The van der Waals surface area contributed by atoms with E-state index in [0.717, 1.165) is 6.08 Å². The van der Waals surface area contributed by atoms with Crippen molar-refractivity contribution in [1.82, 2.24) is 4.98 Å². The Morgan fingerprint density at radius 3 is 2.76 bits per heavy atom. The number of hydrogen-bond acceptors (Lipinski definition) is 7. The Morgan fingerprint density at radius 2 is 2.07 bits per heavy atom. The summed E-state index contributed by atoms with van der Waals surface area (Å²) < 4.78 is 15.3. The Morgan fingerprint density at radius 1 is 1.28 bits per heavy atom. The lowest BCUT2D eigenvalue weighted by molar-refractivity contribution is -0.142. The molecule has 2 rings (SSSR count). The van der Waals surface area contributed by atoms with E-state index < -0.39 is 18.5 Å². The number of carbonyl (C=O) groups excluding carboxylic acids is 2. The number of anilines is 1. The molecule has 150 valence electrons. The first kappa shape index (κ1) is 22.0. The number of ether oxygens (including phenoxy) is 3. The van der Waals surface area contributed by atoms with Gasteiger partial charge in [-0.25, -0.2) is 9.78 Å². The van der Waals surface area contributed by atoms with E-state index >= 15 is 0 Å². The molecule has 0 radical (unpaired) electrons. The number of nitrogens with zero attached hydrogens (tertiary/aromatic N) is 2. The van der Waals surface area contributed by atoms with Crippen molar-refractivity contribution in [3.05, 3.63) is 52.1 Å². The van der Waals surface area contributed by atoms with Gasteiger partial charge in [-0.15, -0.1) is 0 Å². The molecule has 0 spiro atoms. The van der Waals surface area contributed by atoms with Gasteiger partial charge in [-0.3, -0.25) is 4.79 Å². The lowest BCUT2D eigenvalue weighted by Gasteiger charge is -2.08. The molecule has 1 heterocycles. The summed E-state index contributed by atoms with van der Waals surface area (Å²) >= 11 is 11.6. The number of aromatic nitrogens is 1.